The lowest BCUT2D eigenvalue weighted by atomic mass is 10.1. The van der Waals surface area contributed by atoms with Crippen molar-refractivity contribution in [2.24, 2.45) is 0 Å². The van der Waals surface area contributed by atoms with Crippen molar-refractivity contribution in [2.45, 2.75) is 12.1 Å². The predicted octanol–water partition coefficient (Wildman–Crippen LogP) is -0.177. The Kier molecular flexibility index (Phi) is 3.54. The number of nitrogens with zero attached hydrogens (tertiary/aromatic N) is 2. The smallest absolute Gasteiger partial charge is 0.318 e. The highest BCUT2D eigenvalue weighted by atomic mass is 32.2. The summed E-state index contributed by atoms with van der Waals surface area (Å²) in [6.07, 6.45) is 2.38. The number of hydrogen-bond acceptors (Lipinski definition) is 5. The second-order valence-electron chi connectivity index (χ2n) is 5.22. The van der Waals surface area contributed by atoms with Crippen LogP contribution in [0.1, 0.15) is 0 Å². The number of aromatic nitrogens is 1. The Morgan fingerprint density at radius 2 is 2.24 bits per heavy atom. The van der Waals surface area contributed by atoms with E-state index < -0.39 is 21.7 Å². The molecule has 0 unspecified atom stereocenters. The molecule has 0 bridgehead atoms. The lowest BCUT2D eigenvalue weighted by Crippen LogP contribution is -2.59. The van der Waals surface area contributed by atoms with Crippen LogP contribution in [0.4, 0.5) is 14.9 Å². The number of carbonyl (C=O) groups excluding carboxylic acids is 1. The van der Waals surface area contributed by atoms with Crippen molar-refractivity contribution in [3.8, 4) is 0 Å². The van der Waals surface area contributed by atoms with Crippen molar-refractivity contribution in [1.82, 2.24) is 15.2 Å². The first-order valence-electron chi connectivity index (χ1n) is 6.56. The summed E-state index contributed by atoms with van der Waals surface area (Å²) in [4.78, 5) is 17.4. The number of halogens is 1. The van der Waals surface area contributed by atoms with Crippen LogP contribution in [-0.2, 0) is 9.84 Å². The molecule has 2 aliphatic heterocycles. The average Bonchev–Trinajstić information content (AvgIpc) is 2.72. The third-order valence-corrected chi connectivity index (χ3v) is 5.42. The maximum atomic E-state index is 13.1. The van der Waals surface area contributed by atoms with E-state index in [0.717, 1.165) is 12.3 Å². The van der Waals surface area contributed by atoms with Gasteiger partial charge >= 0.3 is 6.03 Å². The molecule has 2 saturated heterocycles. The summed E-state index contributed by atoms with van der Waals surface area (Å²) in [6, 6.07) is 0.108. The zero-order valence-electron chi connectivity index (χ0n) is 11.1. The molecule has 9 heteroatoms. The third-order valence-electron chi connectivity index (χ3n) is 3.70. The second-order valence-corrected chi connectivity index (χ2v) is 7.37. The van der Waals surface area contributed by atoms with Gasteiger partial charge in [-0.3, -0.25) is 4.98 Å². The van der Waals surface area contributed by atoms with E-state index in [2.05, 4.69) is 15.6 Å². The van der Waals surface area contributed by atoms with Gasteiger partial charge in [0.05, 0.1) is 35.6 Å². The summed E-state index contributed by atoms with van der Waals surface area (Å²) in [6.45, 7) is 0.941. The van der Waals surface area contributed by atoms with E-state index in [-0.39, 0.29) is 29.3 Å². The molecule has 2 aliphatic rings. The van der Waals surface area contributed by atoms with Crippen molar-refractivity contribution >= 4 is 21.6 Å². The summed E-state index contributed by atoms with van der Waals surface area (Å²) in [5.74, 6) is -0.544. The van der Waals surface area contributed by atoms with E-state index in [4.69, 9.17) is 0 Å². The second kappa shape index (κ2) is 5.23. The number of sulfone groups is 1. The highest BCUT2D eigenvalue weighted by Gasteiger charge is 2.44. The van der Waals surface area contributed by atoms with E-state index in [1.807, 2.05) is 0 Å². The Hall–Kier alpha value is -1.74. The van der Waals surface area contributed by atoms with Gasteiger partial charge in [-0.25, -0.2) is 17.6 Å². The number of anilines is 1. The van der Waals surface area contributed by atoms with Crippen LogP contribution in [-0.4, -0.2) is 61.0 Å². The molecular formula is C12H15FN4O3S. The van der Waals surface area contributed by atoms with Crippen LogP contribution < -0.4 is 10.6 Å². The molecule has 0 spiro atoms. The molecule has 2 fully saturated rings. The number of nitrogens with one attached hydrogen (secondary N) is 2. The van der Waals surface area contributed by atoms with E-state index in [9.17, 15) is 17.6 Å². The minimum Gasteiger partial charge on any atom is -0.318 e. The number of amides is 2. The van der Waals surface area contributed by atoms with Crippen molar-refractivity contribution in [3.05, 3.63) is 24.3 Å². The maximum Gasteiger partial charge on any atom is 0.322 e. The normalized spacial score (nSPS) is 27.2. The van der Waals surface area contributed by atoms with Gasteiger partial charge < -0.3 is 15.5 Å². The minimum atomic E-state index is -3.13. The molecule has 3 rings (SSSR count). The summed E-state index contributed by atoms with van der Waals surface area (Å²) in [5, 5.41) is 5.68. The number of fused-ring (bicyclic) bond motifs is 1. The fourth-order valence-electron chi connectivity index (χ4n) is 2.80. The van der Waals surface area contributed by atoms with Crippen LogP contribution in [0.15, 0.2) is 18.5 Å². The molecule has 114 valence electrons. The lowest BCUT2D eigenvalue weighted by molar-refractivity contribution is 0.163. The largest absolute Gasteiger partial charge is 0.322 e. The molecule has 0 radical (unpaired) electrons. The van der Waals surface area contributed by atoms with Gasteiger partial charge in [0.1, 0.15) is 5.82 Å². The number of piperazine rings is 1. The number of hydrogen-bond donors (Lipinski definition) is 2. The zero-order chi connectivity index (χ0) is 15.0. The molecule has 2 amide bonds. The average molecular weight is 314 g/mol. The summed E-state index contributed by atoms with van der Waals surface area (Å²) < 4.78 is 36.5. The van der Waals surface area contributed by atoms with Crippen LogP contribution in [0.5, 0.6) is 0 Å². The van der Waals surface area contributed by atoms with E-state index >= 15 is 0 Å². The topological polar surface area (TPSA) is 91.4 Å². The quantitative estimate of drug-likeness (QED) is 0.750. The first-order valence-corrected chi connectivity index (χ1v) is 8.39. The highest BCUT2D eigenvalue weighted by Crippen LogP contribution is 2.22. The SMILES string of the molecule is O=C(Nc1cncc(F)c1)N1CCN[C@@H]2CS(=O)(=O)C[C@@H]21. The van der Waals surface area contributed by atoms with Crippen molar-refractivity contribution < 1.29 is 17.6 Å². The van der Waals surface area contributed by atoms with Crippen molar-refractivity contribution in [2.75, 3.05) is 29.9 Å². The minimum absolute atomic E-state index is 0.0422. The highest BCUT2D eigenvalue weighted by molar-refractivity contribution is 7.91. The Labute approximate surface area is 121 Å². The first kappa shape index (κ1) is 14.2. The van der Waals surface area contributed by atoms with Crippen molar-refractivity contribution in [1.29, 1.82) is 0 Å². The Bertz CT molecular complexity index is 666. The maximum absolute atomic E-state index is 13.1. The standard InChI is InChI=1S/C12H15FN4O3S/c13-8-3-9(5-14-4-8)16-12(18)17-2-1-15-10-6-21(19,20)7-11(10)17/h3-5,10-11,15H,1-2,6-7H2,(H,16,18)/t10-,11+/m1/s1. The summed E-state index contributed by atoms with van der Waals surface area (Å²) in [7, 11) is -3.13. The van der Waals surface area contributed by atoms with Gasteiger partial charge in [0.15, 0.2) is 9.84 Å². The van der Waals surface area contributed by atoms with Crippen LogP contribution in [0.2, 0.25) is 0 Å². The first-order chi connectivity index (χ1) is 9.94. The summed E-state index contributed by atoms with van der Waals surface area (Å²) >= 11 is 0. The van der Waals surface area contributed by atoms with Crippen molar-refractivity contribution in [3.63, 3.8) is 0 Å². The molecule has 7 nitrogen and oxygen atoms in total. The van der Waals surface area contributed by atoms with Gasteiger partial charge in [0, 0.05) is 25.2 Å². The molecule has 0 aliphatic carbocycles. The molecule has 2 atom stereocenters. The number of carbonyl (C=O) groups is 1. The number of pyridine rings is 1. The van der Waals surface area contributed by atoms with Crippen LogP contribution in [0, 0.1) is 5.82 Å². The van der Waals surface area contributed by atoms with Gasteiger partial charge in [-0.05, 0) is 0 Å². The van der Waals surface area contributed by atoms with Crippen LogP contribution in [0.25, 0.3) is 0 Å². The molecule has 3 heterocycles. The molecule has 21 heavy (non-hydrogen) atoms. The van der Waals surface area contributed by atoms with Gasteiger partial charge in [-0.15, -0.1) is 0 Å². The van der Waals surface area contributed by atoms with Gasteiger partial charge in [0.25, 0.3) is 0 Å². The molecule has 0 aromatic carbocycles. The Morgan fingerprint density at radius 1 is 1.43 bits per heavy atom. The zero-order valence-corrected chi connectivity index (χ0v) is 11.9. The molecule has 1 aromatic rings. The van der Waals surface area contributed by atoms with E-state index in [1.165, 1.54) is 11.1 Å². The van der Waals surface area contributed by atoms with Gasteiger partial charge in [0.2, 0.25) is 0 Å². The lowest BCUT2D eigenvalue weighted by Gasteiger charge is -2.37. The van der Waals surface area contributed by atoms with E-state index in [1.54, 1.807) is 0 Å². The summed E-state index contributed by atoms with van der Waals surface area (Å²) in [5.41, 5.74) is 0.246. The Morgan fingerprint density at radius 3 is 3.00 bits per heavy atom. The number of urea groups is 1. The predicted molar refractivity (Wildman–Crippen MR) is 74.2 cm³/mol. The van der Waals surface area contributed by atoms with Crippen LogP contribution in [0.3, 0.4) is 0 Å². The fourth-order valence-corrected chi connectivity index (χ4v) is 4.75. The molecule has 1 aromatic heterocycles. The van der Waals surface area contributed by atoms with Gasteiger partial charge in [-0.2, -0.15) is 0 Å². The van der Waals surface area contributed by atoms with E-state index in [0.29, 0.717) is 13.1 Å². The Balaban J connectivity index is 1.75. The monoisotopic (exact) mass is 314 g/mol. The third kappa shape index (κ3) is 2.98. The molecule has 0 saturated carbocycles. The molecule has 2 N–H and O–H groups in total. The van der Waals surface area contributed by atoms with Gasteiger partial charge in [-0.1, -0.05) is 0 Å². The number of rotatable bonds is 1. The van der Waals surface area contributed by atoms with Crippen LogP contribution >= 0.6 is 0 Å². The molecular weight excluding hydrogens is 299 g/mol. The fraction of sp³-hybridized carbons (Fsp3) is 0.500.